The van der Waals surface area contributed by atoms with Crippen molar-refractivity contribution in [3.05, 3.63) is 177 Å². The Kier molecular flexibility index (Phi) is 10.5. The molecule has 8 heteroatoms. The fourth-order valence-corrected chi connectivity index (χ4v) is 9.45. The zero-order chi connectivity index (χ0) is 41.7. The molecule has 2 N–H and O–H groups in total. The maximum absolute atomic E-state index is 15.2. The van der Waals surface area contributed by atoms with Crippen molar-refractivity contribution in [1.29, 1.82) is 0 Å². The fourth-order valence-electron chi connectivity index (χ4n) is 8.30. The van der Waals surface area contributed by atoms with Crippen LogP contribution in [0.15, 0.2) is 155 Å². The van der Waals surface area contributed by atoms with E-state index in [1.807, 2.05) is 127 Å². The maximum Gasteiger partial charge on any atom is 0.256 e. The van der Waals surface area contributed by atoms with Crippen molar-refractivity contribution in [3.8, 4) is 23.0 Å². The van der Waals surface area contributed by atoms with Crippen LogP contribution in [0.3, 0.4) is 0 Å². The van der Waals surface area contributed by atoms with Crippen molar-refractivity contribution in [2.75, 3.05) is 10.6 Å². The molecular weight excluding hydrogens is 876 g/mol. The van der Waals surface area contributed by atoms with Gasteiger partial charge in [0.05, 0.1) is 5.56 Å². The van der Waals surface area contributed by atoms with E-state index in [9.17, 15) is 0 Å². The van der Waals surface area contributed by atoms with Gasteiger partial charge in [-0.2, -0.15) is 0 Å². The SMILES string of the molecule is CC(C)c1ccccc1NC(=O)c1cc(Br)c2c3c(Oc4ccccc4)ccc4ccc(Br)c(c5c(Oc6ccccc6)cc(C(=O)Nc6ccccc6C(C)C)c1c25)c43. The minimum absolute atomic E-state index is 0.144. The van der Waals surface area contributed by atoms with Gasteiger partial charge in [-0.05, 0) is 89.0 Å². The molecule has 0 bridgehead atoms. The molecule has 2 amide bonds. The van der Waals surface area contributed by atoms with E-state index in [2.05, 4.69) is 82.3 Å². The number of carbonyl (C=O) groups is 2. The molecular formula is C52H40Br2N2O4. The Morgan fingerprint density at radius 3 is 1.48 bits per heavy atom. The van der Waals surface area contributed by atoms with Crippen LogP contribution in [0.4, 0.5) is 11.4 Å². The van der Waals surface area contributed by atoms with Crippen molar-refractivity contribution >= 4 is 98.1 Å². The number of halogens is 2. The normalized spacial score (nSPS) is 11.6. The lowest BCUT2D eigenvalue weighted by molar-refractivity contribution is 0.102. The van der Waals surface area contributed by atoms with Gasteiger partial charge in [0.2, 0.25) is 0 Å². The Labute approximate surface area is 365 Å². The number of para-hydroxylation sites is 4. The lowest BCUT2D eigenvalue weighted by Gasteiger charge is -2.24. The van der Waals surface area contributed by atoms with Gasteiger partial charge in [0.25, 0.3) is 11.8 Å². The molecule has 0 unspecified atom stereocenters. The summed E-state index contributed by atoms with van der Waals surface area (Å²) in [6.07, 6.45) is 0. The van der Waals surface area contributed by atoms with Gasteiger partial charge in [-0.15, -0.1) is 0 Å². The van der Waals surface area contributed by atoms with Gasteiger partial charge in [0, 0.05) is 63.6 Å². The topological polar surface area (TPSA) is 76.7 Å². The van der Waals surface area contributed by atoms with Crippen molar-refractivity contribution < 1.29 is 19.1 Å². The van der Waals surface area contributed by atoms with Crippen LogP contribution in [0.2, 0.25) is 0 Å². The molecule has 0 radical (unpaired) electrons. The second-order valence-corrected chi connectivity index (χ2v) is 17.2. The van der Waals surface area contributed by atoms with Crippen LogP contribution in [0, 0.1) is 0 Å². The number of rotatable bonds is 10. The molecule has 9 aromatic carbocycles. The van der Waals surface area contributed by atoms with E-state index in [0.717, 1.165) is 47.9 Å². The first kappa shape index (κ1) is 39.3. The van der Waals surface area contributed by atoms with Crippen molar-refractivity contribution in [1.82, 2.24) is 0 Å². The van der Waals surface area contributed by atoms with Crippen LogP contribution in [0.25, 0.3) is 43.1 Å². The highest BCUT2D eigenvalue weighted by molar-refractivity contribution is 9.11. The molecule has 0 aromatic heterocycles. The number of anilines is 2. The summed E-state index contributed by atoms with van der Waals surface area (Å²) in [5.74, 6) is 1.91. The number of benzene rings is 9. The average molecular weight is 917 g/mol. The number of ether oxygens (including phenoxy) is 2. The van der Waals surface area contributed by atoms with Gasteiger partial charge in [-0.1, -0.05) is 144 Å². The van der Waals surface area contributed by atoms with Gasteiger partial charge >= 0.3 is 0 Å². The monoisotopic (exact) mass is 914 g/mol. The molecule has 6 nitrogen and oxygen atoms in total. The van der Waals surface area contributed by atoms with Gasteiger partial charge in [0.1, 0.15) is 23.0 Å². The minimum Gasteiger partial charge on any atom is -0.457 e. The summed E-state index contributed by atoms with van der Waals surface area (Å²) in [5, 5.41) is 12.7. The second kappa shape index (κ2) is 16.1. The molecule has 0 aliphatic heterocycles. The Hall–Kier alpha value is -6.22. The molecule has 60 heavy (non-hydrogen) atoms. The van der Waals surface area contributed by atoms with Crippen LogP contribution in [0.5, 0.6) is 23.0 Å². The lowest BCUT2D eigenvalue weighted by Crippen LogP contribution is -2.18. The van der Waals surface area contributed by atoms with E-state index in [-0.39, 0.29) is 29.2 Å². The Bertz CT molecular complexity index is 3110. The van der Waals surface area contributed by atoms with Gasteiger partial charge in [-0.25, -0.2) is 0 Å². The molecule has 9 aromatic rings. The molecule has 9 rings (SSSR count). The van der Waals surface area contributed by atoms with Crippen molar-refractivity contribution in [3.63, 3.8) is 0 Å². The first-order valence-corrected chi connectivity index (χ1v) is 21.5. The number of carbonyl (C=O) groups excluding carboxylic acids is 2. The molecule has 0 aliphatic carbocycles. The van der Waals surface area contributed by atoms with Gasteiger partial charge < -0.3 is 20.1 Å². The standard InChI is InChI=1S/C52H40Br2N2O4/c1-29(2)34-19-11-13-21-40(34)55-51(57)36-27-39(54)47-48-42(59-32-15-7-5-8-16-32)26-24-31-23-25-38(53)46(44(31)48)49-43(60-33-17-9-6-10-18-33)28-37(45(36)50(47)49)52(58)56-41-22-14-12-20-35(41)30(3)4/h5-30H,1-4H3,(H,55,57)(H,56,58). The molecule has 0 aliphatic rings. The fraction of sp³-hybridized carbons (Fsp3) is 0.115. The predicted octanol–water partition coefficient (Wildman–Crippen LogP) is 15.6. The van der Waals surface area contributed by atoms with E-state index < -0.39 is 0 Å². The lowest BCUT2D eigenvalue weighted by atomic mass is 9.85. The molecule has 0 saturated carbocycles. The van der Waals surface area contributed by atoms with E-state index in [4.69, 9.17) is 9.47 Å². The summed E-state index contributed by atoms with van der Waals surface area (Å²) in [6.45, 7) is 8.39. The summed E-state index contributed by atoms with van der Waals surface area (Å²) in [6, 6.07) is 46.6. The smallest absolute Gasteiger partial charge is 0.256 e. The third kappa shape index (κ3) is 7.03. The first-order chi connectivity index (χ1) is 29.1. The summed E-state index contributed by atoms with van der Waals surface area (Å²) in [5.41, 5.74) is 3.99. The van der Waals surface area contributed by atoms with Gasteiger partial charge in [-0.3, -0.25) is 9.59 Å². The Morgan fingerprint density at radius 1 is 0.450 bits per heavy atom. The summed E-state index contributed by atoms with van der Waals surface area (Å²) in [7, 11) is 0. The quantitative estimate of drug-likeness (QED) is 0.106. The van der Waals surface area contributed by atoms with E-state index >= 15 is 9.59 Å². The number of nitrogens with one attached hydrogen (secondary N) is 2. The Balaban J connectivity index is 1.44. The molecule has 296 valence electrons. The number of amides is 2. The summed E-state index contributed by atoms with van der Waals surface area (Å²) in [4.78, 5) is 30.2. The van der Waals surface area contributed by atoms with Crippen molar-refractivity contribution in [2.24, 2.45) is 0 Å². The van der Waals surface area contributed by atoms with Crippen LogP contribution < -0.4 is 20.1 Å². The average Bonchev–Trinajstić information content (AvgIpc) is 3.25. The highest BCUT2D eigenvalue weighted by Crippen LogP contribution is 2.53. The largest absolute Gasteiger partial charge is 0.457 e. The molecule has 0 fully saturated rings. The van der Waals surface area contributed by atoms with E-state index in [0.29, 0.717) is 55.2 Å². The van der Waals surface area contributed by atoms with Crippen LogP contribution in [-0.4, -0.2) is 11.8 Å². The number of hydrogen-bond donors (Lipinski definition) is 2. The van der Waals surface area contributed by atoms with Gasteiger partial charge in [0.15, 0.2) is 0 Å². The highest BCUT2D eigenvalue weighted by Gasteiger charge is 2.30. The van der Waals surface area contributed by atoms with Crippen molar-refractivity contribution in [2.45, 2.75) is 39.5 Å². The minimum atomic E-state index is -0.380. The molecule has 0 heterocycles. The zero-order valence-electron chi connectivity index (χ0n) is 33.4. The van der Waals surface area contributed by atoms with E-state index in [1.54, 1.807) is 6.07 Å². The second-order valence-electron chi connectivity index (χ2n) is 15.5. The number of fused-ring (bicyclic) bond motifs is 2. The molecule has 0 spiro atoms. The van der Waals surface area contributed by atoms with Crippen LogP contribution in [-0.2, 0) is 0 Å². The summed E-state index contributed by atoms with van der Waals surface area (Å²) >= 11 is 7.94. The third-order valence-electron chi connectivity index (χ3n) is 11.0. The highest BCUT2D eigenvalue weighted by atomic mass is 79.9. The van der Waals surface area contributed by atoms with Crippen LogP contribution in [0.1, 0.15) is 71.4 Å². The number of hydrogen-bond acceptors (Lipinski definition) is 4. The zero-order valence-corrected chi connectivity index (χ0v) is 36.6. The predicted molar refractivity (Wildman–Crippen MR) is 253 cm³/mol. The molecule has 0 atom stereocenters. The maximum atomic E-state index is 15.2. The van der Waals surface area contributed by atoms with Crippen LogP contribution >= 0.6 is 31.9 Å². The first-order valence-electron chi connectivity index (χ1n) is 19.9. The summed E-state index contributed by atoms with van der Waals surface area (Å²) < 4.78 is 15.1. The third-order valence-corrected chi connectivity index (χ3v) is 12.3. The Morgan fingerprint density at radius 2 is 0.917 bits per heavy atom. The molecule has 0 saturated heterocycles. The van der Waals surface area contributed by atoms with E-state index in [1.165, 1.54) is 0 Å².